The largest absolute Gasteiger partial charge is 0.442 e. The van der Waals surface area contributed by atoms with E-state index in [1.165, 1.54) is 0 Å². The summed E-state index contributed by atoms with van der Waals surface area (Å²) < 4.78 is 295. The van der Waals surface area contributed by atoms with Gasteiger partial charge in [0.1, 0.15) is 0 Å². The first-order valence-corrected chi connectivity index (χ1v) is 9.95. The molecule has 4 nitrogen and oxygen atoms in total. The second-order valence-corrected chi connectivity index (χ2v) is 9.36. The predicted octanol–water partition coefficient (Wildman–Crippen LogP) is 7.10. The van der Waals surface area contributed by atoms with Crippen LogP contribution in [-0.2, 0) is 14.3 Å². The van der Waals surface area contributed by atoms with Gasteiger partial charge in [0.15, 0.2) is 0 Å². The van der Waals surface area contributed by atoms with Crippen molar-refractivity contribution in [1.82, 2.24) is 0 Å². The van der Waals surface area contributed by atoms with Crippen molar-refractivity contribution in [2.24, 2.45) is 0 Å². The highest BCUT2D eigenvalue weighted by Crippen LogP contribution is 3.00. The molecular weight excluding hydrogens is 623 g/mol. The van der Waals surface area contributed by atoms with E-state index < -0.39 is 67.5 Å². The number of hydrogen-bond acceptors (Lipinski definition) is 3. The van der Waals surface area contributed by atoms with E-state index in [4.69, 9.17) is 4.55 Å². The van der Waals surface area contributed by atoms with E-state index in [0.717, 1.165) is 0 Å². The van der Waals surface area contributed by atoms with Crippen LogP contribution in [0.3, 0.4) is 0 Å². The molecule has 0 aliphatic carbocycles. The zero-order chi connectivity index (χ0) is 29.6. The minimum Gasteiger partial charge on any atom is -0.281 e. The highest BCUT2D eigenvalue weighted by Gasteiger charge is 2.97. The Hall–Kier alpha value is -1.25. The second-order valence-electron chi connectivity index (χ2n) is 5.94. The van der Waals surface area contributed by atoms with Gasteiger partial charge < -0.3 is 0 Å². The van der Waals surface area contributed by atoms with Crippen molar-refractivity contribution in [2.45, 2.75) is 46.9 Å². The minimum absolute atomic E-state index is 0.186. The number of halogens is 21. The van der Waals surface area contributed by atoms with Crippen LogP contribution in [0.1, 0.15) is 0 Å². The lowest BCUT2D eigenvalue weighted by Gasteiger charge is -2.45. The predicted molar refractivity (Wildman–Crippen MR) is 65.3 cm³/mol. The lowest BCUT2D eigenvalue weighted by Crippen LogP contribution is -2.75. The van der Waals surface area contributed by atoms with Crippen molar-refractivity contribution >= 4 is 20.6 Å². The van der Waals surface area contributed by atoms with Crippen LogP contribution in [0.2, 0.25) is 0 Å². The maximum absolute atomic E-state index is 13.2. The topological polar surface area (TPSA) is 63.6 Å². The van der Waals surface area contributed by atoms with Crippen molar-refractivity contribution in [1.29, 1.82) is 0 Å². The molecule has 0 radical (unpaired) electrons. The summed E-state index contributed by atoms with van der Waals surface area (Å²) in [5.74, 6) is -54.9. The molecule has 1 N–H and O–H groups in total. The van der Waals surface area contributed by atoms with E-state index >= 15 is 0 Å². The molecule has 0 aromatic heterocycles. The third kappa shape index (κ3) is 4.99. The van der Waals surface area contributed by atoms with Crippen LogP contribution in [0.4, 0.5) is 89.7 Å². The quantitative estimate of drug-likeness (QED) is 0.208. The van der Waals surface area contributed by atoms with Crippen molar-refractivity contribution in [3.8, 4) is 0 Å². The Morgan fingerprint density at radius 3 is 0.943 bits per heavy atom. The second kappa shape index (κ2) is 6.98. The fourth-order valence-electron chi connectivity index (χ4n) is 1.57. The molecule has 0 unspecified atom stereocenters. The van der Waals surface area contributed by atoms with E-state index in [-0.39, 0.29) is 4.18 Å². The third-order valence-electron chi connectivity index (χ3n) is 3.29. The fraction of sp³-hybridized carbons (Fsp3) is 1.00. The van der Waals surface area contributed by atoms with Crippen LogP contribution in [0.15, 0.2) is 0 Å². The summed E-state index contributed by atoms with van der Waals surface area (Å²) in [6.07, 6.45) is -8.80. The van der Waals surface area contributed by atoms with Gasteiger partial charge in [-0.1, -0.05) is 19.4 Å². The highest BCUT2D eigenvalue weighted by molar-refractivity contribution is 8.42. The molecule has 0 rings (SSSR count). The molecular formula is C8HF21O4S2. The van der Waals surface area contributed by atoms with Crippen LogP contribution in [-0.4, -0.2) is 59.9 Å². The van der Waals surface area contributed by atoms with Crippen molar-refractivity contribution < 1.29 is 107 Å². The van der Waals surface area contributed by atoms with Gasteiger partial charge in [-0.15, -0.1) is 0 Å². The molecule has 0 fully saturated rings. The van der Waals surface area contributed by atoms with Gasteiger partial charge in [0.05, 0.1) is 0 Å². The van der Waals surface area contributed by atoms with Gasteiger partial charge in [-0.3, -0.25) is 4.55 Å². The molecule has 0 atom stereocenters. The number of hydrogen-bond donors (Lipinski definition) is 1. The lowest BCUT2D eigenvalue weighted by molar-refractivity contribution is -0.464. The summed E-state index contributed by atoms with van der Waals surface area (Å²) in [5.41, 5.74) is 0. The summed E-state index contributed by atoms with van der Waals surface area (Å²) in [7, 11) is -20.7. The van der Waals surface area contributed by atoms with Crippen LogP contribution in [0.5, 0.6) is 0 Å². The maximum Gasteiger partial charge on any atom is 0.442 e. The SMILES string of the molecule is O=S(=O)(O)C(F)(F)C(F)(F)C(F)(F)C(F)(F)C(F)(F)C(F)(F)C(F)(F)C(F)(F)OS(F)(F)(F)(F)F. The summed E-state index contributed by atoms with van der Waals surface area (Å²) >= 11 is 0. The minimum atomic E-state index is -12.6. The molecule has 0 aromatic rings. The Labute approximate surface area is 175 Å². The Morgan fingerprint density at radius 1 is 0.486 bits per heavy atom. The first-order chi connectivity index (χ1) is 14.2. The lowest BCUT2D eigenvalue weighted by atomic mass is 9.91. The van der Waals surface area contributed by atoms with Crippen LogP contribution >= 0.6 is 10.5 Å². The fourth-order valence-corrected chi connectivity index (χ4v) is 2.52. The Kier molecular flexibility index (Phi) is 6.74. The van der Waals surface area contributed by atoms with Gasteiger partial charge in [-0.2, -0.15) is 82.8 Å². The molecule has 0 aromatic carbocycles. The molecule has 0 saturated heterocycles. The zero-order valence-electron chi connectivity index (χ0n) is 14.4. The van der Waals surface area contributed by atoms with Gasteiger partial charge in [-0.25, -0.2) is 0 Å². The first kappa shape index (κ1) is 33.8. The van der Waals surface area contributed by atoms with E-state index in [1.54, 1.807) is 0 Å². The number of alkyl halides is 16. The van der Waals surface area contributed by atoms with Gasteiger partial charge in [0.25, 0.3) is 0 Å². The third-order valence-corrected chi connectivity index (χ3v) is 4.72. The zero-order valence-corrected chi connectivity index (χ0v) is 16.1. The average Bonchev–Trinajstić information content (AvgIpc) is 2.48. The summed E-state index contributed by atoms with van der Waals surface area (Å²) in [4.78, 5) is 0. The maximum atomic E-state index is 13.2. The smallest absolute Gasteiger partial charge is 0.281 e. The van der Waals surface area contributed by atoms with E-state index in [9.17, 15) is 98.1 Å². The summed E-state index contributed by atoms with van der Waals surface area (Å²) in [6.45, 7) is 0. The van der Waals surface area contributed by atoms with Crippen molar-refractivity contribution in [2.75, 3.05) is 0 Å². The molecule has 0 bridgehead atoms. The highest BCUT2D eigenvalue weighted by atomic mass is 32.5. The van der Waals surface area contributed by atoms with Gasteiger partial charge in [0, 0.05) is 0 Å². The van der Waals surface area contributed by atoms with Crippen molar-refractivity contribution in [3.05, 3.63) is 0 Å². The summed E-state index contributed by atoms with van der Waals surface area (Å²) in [6, 6.07) is 0. The van der Waals surface area contributed by atoms with Gasteiger partial charge in [0.2, 0.25) is 0 Å². The molecule has 0 aliphatic heterocycles. The normalized spacial score (nSPS) is 18.8. The van der Waals surface area contributed by atoms with Crippen LogP contribution in [0.25, 0.3) is 0 Å². The molecule has 216 valence electrons. The van der Waals surface area contributed by atoms with Crippen molar-refractivity contribution in [3.63, 3.8) is 0 Å². The Morgan fingerprint density at radius 2 is 0.714 bits per heavy atom. The number of rotatable bonds is 10. The first-order valence-electron chi connectivity index (χ1n) is 6.64. The molecule has 0 saturated carbocycles. The Bertz CT molecular complexity index is 946. The van der Waals surface area contributed by atoms with E-state index in [2.05, 4.69) is 0 Å². The van der Waals surface area contributed by atoms with Crippen LogP contribution in [0, 0.1) is 0 Å². The molecule has 35 heavy (non-hydrogen) atoms. The van der Waals surface area contributed by atoms with Gasteiger partial charge in [-0.05, 0) is 0 Å². The average molecular weight is 624 g/mol. The molecule has 0 spiro atoms. The molecule has 0 heterocycles. The molecule has 27 heteroatoms. The Balaban J connectivity index is 7.09. The van der Waals surface area contributed by atoms with Gasteiger partial charge >= 0.3 is 67.5 Å². The van der Waals surface area contributed by atoms with E-state index in [0.29, 0.717) is 0 Å². The van der Waals surface area contributed by atoms with Crippen LogP contribution < -0.4 is 0 Å². The standard InChI is InChI=1S/C8HF21O4S2/c9-1(10,2(11,12)4(15,16)6(19,20)8(23,24)34(30,31)32)3(13,14)5(17,18)7(21,22)33-35(25,26,27,28)29/h(H,30,31,32). The molecule has 0 aliphatic rings. The molecule has 0 amide bonds. The monoisotopic (exact) mass is 624 g/mol. The van der Waals surface area contributed by atoms with E-state index in [1.807, 2.05) is 0 Å². The summed E-state index contributed by atoms with van der Waals surface area (Å²) in [5, 5.41) is -8.06.